The van der Waals surface area contributed by atoms with Crippen LogP contribution in [0, 0.1) is 0 Å². The standard InChI is InChI=1S/C24H37O5PSi/c1-20(21(2)29-31(6,7)24(3,4)5)28-30(25,26-18-22-14-10-8-11-15-22)27-19-23-16-12-9-13-17-23/h8-17,20-21H,18-19H2,1-7H3/t20-,21-/m0/s1. The summed E-state index contributed by atoms with van der Waals surface area (Å²) in [6.07, 6.45) is -0.721. The van der Waals surface area contributed by atoms with Crippen molar-refractivity contribution in [3.63, 3.8) is 0 Å². The van der Waals surface area contributed by atoms with Gasteiger partial charge in [-0.1, -0.05) is 81.4 Å². The van der Waals surface area contributed by atoms with Gasteiger partial charge >= 0.3 is 7.82 Å². The fourth-order valence-corrected chi connectivity index (χ4v) is 5.44. The summed E-state index contributed by atoms with van der Waals surface area (Å²) in [6, 6.07) is 19.1. The van der Waals surface area contributed by atoms with Gasteiger partial charge in [0, 0.05) is 0 Å². The third kappa shape index (κ3) is 8.30. The van der Waals surface area contributed by atoms with E-state index < -0.39 is 22.2 Å². The summed E-state index contributed by atoms with van der Waals surface area (Å²) in [5.74, 6) is 0. The summed E-state index contributed by atoms with van der Waals surface area (Å²) in [5, 5.41) is 0.0678. The van der Waals surface area contributed by atoms with Gasteiger partial charge in [-0.25, -0.2) is 4.57 Å². The van der Waals surface area contributed by atoms with Crippen LogP contribution in [-0.2, 0) is 35.8 Å². The maximum Gasteiger partial charge on any atom is 0.475 e. The molecule has 0 aliphatic heterocycles. The Morgan fingerprint density at radius 1 is 0.806 bits per heavy atom. The Morgan fingerprint density at radius 3 is 1.61 bits per heavy atom. The second-order valence-corrected chi connectivity index (χ2v) is 15.7. The summed E-state index contributed by atoms with van der Waals surface area (Å²) in [5.41, 5.74) is 1.79. The van der Waals surface area contributed by atoms with Crippen molar-refractivity contribution in [1.29, 1.82) is 0 Å². The zero-order chi connectivity index (χ0) is 23.1. The van der Waals surface area contributed by atoms with Crippen molar-refractivity contribution in [2.45, 2.75) is 78.2 Å². The predicted octanol–water partition coefficient (Wildman–Crippen LogP) is 7.34. The van der Waals surface area contributed by atoms with E-state index in [0.717, 1.165) is 11.1 Å². The normalized spacial score (nSPS) is 14.9. The number of benzene rings is 2. The monoisotopic (exact) mass is 464 g/mol. The second-order valence-electron chi connectivity index (χ2n) is 9.36. The fourth-order valence-electron chi connectivity index (χ4n) is 2.58. The maximum atomic E-state index is 13.5. The Hall–Kier alpha value is -1.27. The quantitative estimate of drug-likeness (QED) is 0.257. The molecule has 0 spiro atoms. The number of phosphoric acid groups is 1. The van der Waals surface area contributed by atoms with Crippen LogP contribution in [0.3, 0.4) is 0 Å². The van der Waals surface area contributed by atoms with Crippen LogP contribution in [0.5, 0.6) is 0 Å². The molecule has 0 heterocycles. The van der Waals surface area contributed by atoms with Gasteiger partial charge in [-0.2, -0.15) is 0 Å². The lowest BCUT2D eigenvalue weighted by atomic mass is 10.2. The topological polar surface area (TPSA) is 54.0 Å². The van der Waals surface area contributed by atoms with E-state index in [0.29, 0.717) is 0 Å². The lowest BCUT2D eigenvalue weighted by Crippen LogP contribution is -2.46. The third-order valence-corrected chi connectivity index (χ3v) is 11.8. The van der Waals surface area contributed by atoms with Crippen molar-refractivity contribution in [2.75, 3.05) is 0 Å². The molecule has 2 atom stereocenters. The van der Waals surface area contributed by atoms with Crippen LogP contribution in [-0.4, -0.2) is 20.5 Å². The van der Waals surface area contributed by atoms with Gasteiger partial charge in [-0.3, -0.25) is 13.6 Å². The van der Waals surface area contributed by atoms with Gasteiger partial charge in [0.05, 0.1) is 25.4 Å². The minimum atomic E-state index is -3.83. The van der Waals surface area contributed by atoms with Gasteiger partial charge in [0.1, 0.15) is 0 Å². The number of hydrogen-bond donors (Lipinski definition) is 0. The van der Waals surface area contributed by atoms with E-state index in [-0.39, 0.29) is 24.4 Å². The van der Waals surface area contributed by atoms with Crippen LogP contribution in [0.2, 0.25) is 18.1 Å². The minimum absolute atomic E-state index is 0.0678. The van der Waals surface area contributed by atoms with Crippen LogP contribution in [0.25, 0.3) is 0 Å². The van der Waals surface area contributed by atoms with Crippen molar-refractivity contribution in [2.24, 2.45) is 0 Å². The highest BCUT2D eigenvalue weighted by molar-refractivity contribution is 7.48. The Balaban J connectivity index is 2.09. The van der Waals surface area contributed by atoms with E-state index in [1.54, 1.807) is 0 Å². The van der Waals surface area contributed by atoms with E-state index in [9.17, 15) is 4.57 Å². The molecular formula is C24H37O5PSi. The molecule has 5 nitrogen and oxygen atoms in total. The molecule has 0 bridgehead atoms. The molecule has 0 radical (unpaired) electrons. The molecular weight excluding hydrogens is 427 g/mol. The molecule has 172 valence electrons. The van der Waals surface area contributed by atoms with E-state index in [2.05, 4.69) is 33.9 Å². The molecule has 2 rings (SSSR count). The lowest BCUT2D eigenvalue weighted by Gasteiger charge is -2.40. The van der Waals surface area contributed by atoms with Crippen LogP contribution < -0.4 is 0 Å². The molecule has 0 amide bonds. The maximum absolute atomic E-state index is 13.5. The van der Waals surface area contributed by atoms with Crippen molar-refractivity contribution < 1.29 is 22.6 Å². The van der Waals surface area contributed by atoms with E-state index >= 15 is 0 Å². The SMILES string of the molecule is C[C@H](O[Si](C)(C)C(C)(C)C)[C@H](C)OP(=O)(OCc1ccccc1)OCc1ccccc1. The first kappa shape index (κ1) is 26.0. The summed E-state index contributed by atoms with van der Waals surface area (Å²) in [7, 11) is -5.83. The molecule has 0 unspecified atom stereocenters. The summed E-state index contributed by atoms with van der Waals surface area (Å²) < 4.78 is 37.3. The first-order valence-electron chi connectivity index (χ1n) is 10.7. The predicted molar refractivity (Wildman–Crippen MR) is 128 cm³/mol. The Morgan fingerprint density at radius 2 is 1.23 bits per heavy atom. The Kier molecular flexibility index (Phi) is 9.25. The molecule has 0 fully saturated rings. The van der Waals surface area contributed by atoms with Crippen molar-refractivity contribution >= 4 is 16.1 Å². The van der Waals surface area contributed by atoms with E-state index in [1.807, 2.05) is 74.5 Å². The largest absolute Gasteiger partial charge is 0.475 e. The van der Waals surface area contributed by atoms with Gasteiger partial charge in [-0.15, -0.1) is 0 Å². The smallest absolute Gasteiger partial charge is 0.412 e. The first-order valence-corrected chi connectivity index (χ1v) is 15.1. The second kappa shape index (κ2) is 11.0. The highest BCUT2D eigenvalue weighted by Gasteiger charge is 2.40. The van der Waals surface area contributed by atoms with E-state index in [1.165, 1.54) is 0 Å². The Bertz CT molecular complexity index is 789. The van der Waals surface area contributed by atoms with Crippen molar-refractivity contribution in [3.05, 3.63) is 71.8 Å². The van der Waals surface area contributed by atoms with E-state index in [4.69, 9.17) is 18.0 Å². The molecule has 0 aromatic heterocycles. The van der Waals surface area contributed by atoms with Gasteiger partial charge in [-0.05, 0) is 43.1 Å². The highest BCUT2D eigenvalue weighted by Crippen LogP contribution is 2.52. The summed E-state index contributed by atoms with van der Waals surface area (Å²) >= 11 is 0. The molecule has 0 saturated carbocycles. The number of rotatable bonds is 11. The Labute approximate surface area is 188 Å². The molecule has 2 aromatic rings. The lowest BCUT2D eigenvalue weighted by molar-refractivity contribution is 0.0203. The zero-order valence-electron chi connectivity index (χ0n) is 19.8. The minimum Gasteiger partial charge on any atom is -0.412 e. The highest BCUT2D eigenvalue weighted by atomic mass is 31.2. The molecule has 7 heteroatoms. The van der Waals surface area contributed by atoms with Gasteiger partial charge in [0.15, 0.2) is 8.32 Å². The summed E-state index contributed by atoms with van der Waals surface area (Å²) in [4.78, 5) is 0. The number of hydrogen-bond acceptors (Lipinski definition) is 5. The zero-order valence-corrected chi connectivity index (χ0v) is 21.7. The fraction of sp³-hybridized carbons (Fsp3) is 0.500. The van der Waals surface area contributed by atoms with Gasteiger partial charge in [0.2, 0.25) is 0 Å². The van der Waals surface area contributed by atoms with Gasteiger partial charge < -0.3 is 4.43 Å². The molecule has 2 aromatic carbocycles. The molecule has 0 aliphatic carbocycles. The average molecular weight is 465 g/mol. The number of phosphoric ester groups is 1. The average Bonchev–Trinajstić information content (AvgIpc) is 2.71. The van der Waals surface area contributed by atoms with Gasteiger partial charge in [0.25, 0.3) is 0 Å². The van der Waals surface area contributed by atoms with Crippen LogP contribution in [0.1, 0.15) is 45.7 Å². The van der Waals surface area contributed by atoms with Crippen molar-refractivity contribution in [3.8, 4) is 0 Å². The van der Waals surface area contributed by atoms with Crippen LogP contribution in [0.4, 0.5) is 0 Å². The molecule has 0 aliphatic rings. The van der Waals surface area contributed by atoms with Crippen LogP contribution in [0.15, 0.2) is 60.7 Å². The van der Waals surface area contributed by atoms with Crippen LogP contribution >= 0.6 is 7.82 Å². The first-order chi connectivity index (χ1) is 14.4. The molecule has 0 N–H and O–H groups in total. The molecule has 0 saturated heterocycles. The third-order valence-electron chi connectivity index (χ3n) is 5.71. The van der Waals surface area contributed by atoms with Crippen molar-refractivity contribution in [1.82, 2.24) is 0 Å². The molecule has 31 heavy (non-hydrogen) atoms. The summed E-state index contributed by atoms with van der Waals surface area (Å²) in [6.45, 7) is 15.0.